The number of hydrogen-bond donors (Lipinski definition) is 4. The average molecular weight is 1030 g/mol. The molecule has 354 valence electrons. The molecule has 0 saturated carbocycles. The number of hydrogen-bond acceptors (Lipinski definition) is 12. The number of halogens is 4. The fraction of sp³-hybridized carbons (Fsp3) is 0.0370. The smallest absolute Gasteiger partial charge is 0.259 e. The van der Waals surface area contributed by atoms with Crippen LogP contribution in [0.2, 0.25) is 20.1 Å². The normalized spacial score (nSPS) is 12.3. The van der Waals surface area contributed by atoms with Crippen molar-refractivity contribution in [2.45, 2.75) is 12.1 Å². The second-order valence-electron chi connectivity index (χ2n) is 16.0. The molecule has 2 unspecified atom stereocenters. The summed E-state index contributed by atoms with van der Waals surface area (Å²) in [5.74, 6) is -2.04. The standard InChI is InChI=1S/C54H34Cl4N8O6/c55-41-11-3-1-9-37(41)47(65-71)29-17-23-35-31(25-29)27-39(48(66-72)38-10-2-4-12-42(38)56)51(67)49(35)63-61-33-19-21-34(22-20-33)62-64-50-36-24-18-30(53(69)59-45-15-7-5-13-43(45)57)26-32(36)28-40(52(50)68)54(70)60-46-16-8-6-14-44(46)58/h1-28,47-48,67-68H,(H,59,69)(H,60,70). The third-order valence-corrected chi connectivity index (χ3v) is 12.9. The molecule has 9 rings (SSSR count). The molecular weight excluding hydrogens is 998 g/mol. The molecule has 14 nitrogen and oxygen atoms in total. The van der Waals surface area contributed by atoms with E-state index in [4.69, 9.17) is 46.4 Å². The molecule has 0 aliphatic carbocycles. The van der Waals surface area contributed by atoms with Crippen LogP contribution in [-0.2, 0) is 0 Å². The summed E-state index contributed by atoms with van der Waals surface area (Å²) in [7, 11) is 0. The zero-order valence-electron chi connectivity index (χ0n) is 37.0. The Bertz CT molecular complexity index is 3690. The fourth-order valence-corrected chi connectivity index (χ4v) is 8.82. The monoisotopic (exact) mass is 1030 g/mol. The van der Waals surface area contributed by atoms with Gasteiger partial charge in [0.2, 0.25) is 0 Å². The molecular formula is C54H34Cl4N8O6. The Kier molecular flexibility index (Phi) is 14.4. The number of carbonyl (C=O) groups excluding carboxylic acids is 2. The minimum Gasteiger partial charge on any atom is -0.505 e. The third-order valence-electron chi connectivity index (χ3n) is 11.6. The first-order chi connectivity index (χ1) is 34.9. The minimum atomic E-state index is -1.26. The van der Waals surface area contributed by atoms with E-state index >= 15 is 0 Å². The van der Waals surface area contributed by atoms with Gasteiger partial charge >= 0.3 is 0 Å². The van der Waals surface area contributed by atoms with Crippen LogP contribution in [-0.4, -0.2) is 22.0 Å². The van der Waals surface area contributed by atoms with Crippen molar-refractivity contribution >= 4 is 114 Å². The molecule has 0 fully saturated rings. The predicted molar refractivity (Wildman–Crippen MR) is 283 cm³/mol. The van der Waals surface area contributed by atoms with Crippen LogP contribution >= 0.6 is 46.4 Å². The van der Waals surface area contributed by atoms with E-state index in [1.807, 2.05) is 0 Å². The summed E-state index contributed by atoms with van der Waals surface area (Å²) in [5, 5.41) is 56.2. The van der Waals surface area contributed by atoms with Gasteiger partial charge in [0, 0.05) is 43.1 Å². The number of nitrogens with one attached hydrogen (secondary N) is 2. The molecule has 18 heteroatoms. The minimum absolute atomic E-state index is 0.00261. The van der Waals surface area contributed by atoms with Crippen LogP contribution < -0.4 is 10.6 Å². The second kappa shape index (κ2) is 21.3. The van der Waals surface area contributed by atoms with Crippen molar-refractivity contribution in [2.24, 2.45) is 30.8 Å². The molecule has 0 aliphatic rings. The first-order valence-corrected chi connectivity index (χ1v) is 23.2. The average Bonchev–Trinajstić information content (AvgIpc) is 3.39. The highest BCUT2D eigenvalue weighted by atomic mass is 35.5. The van der Waals surface area contributed by atoms with Gasteiger partial charge in [0.25, 0.3) is 11.8 Å². The van der Waals surface area contributed by atoms with Gasteiger partial charge in [-0.05, 0) is 107 Å². The largest absolute Gasteiger partial charge is 0.505 e. The maximum absolute atomic E-state index is 13.7. The Labute approximate surface area is 429 Å². The van der Waals surface area contributed by atoms with Crippen LogP contribution in [0.15, 0.2) is 201 Å². The lowest BCUT2D eigenvalue weighted by Crippen LogP contribution is -2.13. The number of phenolic OH excluding ortho intramolecular Hbond substituents is 2. The molecule has 72 heavy (non-hydrogen) atoms. The number of azo groups is 2. The summed E-state index contributed by atoms with van der Waals surface area (Å²) < 4.78 is 0. The van der Waals surface area contributed by atoms with Crippen molar-refractivity contribution in [1.82, 2.24) is 0 Å². The van der Waals surface area contributed by atoms with Gasteiger partial charge in [-0.3, -0.25) is 9.59 Å². The Hall–Kier alpha value is -8.40. The van der Waals surface area contributed by atoms with Gasteiger partial charge in [-0.15, -0.1) is 20.0 Å². The Morgan fingerprint density at radius 2 is 0.917 bits per heavy atom. The maximum Gasteiger partial charge on any atom is 0.259 e. The first kappa shape index (κ1) is 48.6. The van der Waals surface area contributed by atoms with Crippen molar-refractivity contribution < 1.29 is 19.8 Å². The van der Waals surface area contributed by atoms with Gasteiger partial charge in [0.05, 0.1) is 38.4 Å². The van der Waals surface area contributed by atoms with Crippen LogP contribution in [0.4, 0.5) is 34.1 Å². The van der Waals surface area contributed by atoms with E-state index in [1.165, 1.54) is 12.1 Å². The summed E-state index contributed by atoms with van der Waals surface area (Å²) >= 11 is 25.6. The highest BCUT2D eigenvalue weighted by molar-refractivity contribution is 6.34. The maximum atomic E-state index is 13.7. The summed E-state index contributed by atoms with van der Waals surface area (Å²) in [6.45, 7) is 0. The van der Waals surface area contributed by atoms with Crippen LogP contribution in [0, 0.1) is 9.81 Å². The first-order valence-electron chi connectivity index (χ1n) is 21.7. The van der Waals surface area contributed by atoms with Gasteiger partial charge in [-0.2, -0.15) is 10.2 Å². The van der Waals surface area contributed by atoms with Crippen molar-refractivity contribution in [3.63, 3.8) is 0 Å². The summed E-state index contributed by atoms with van der Waals surface area (Å²) in [6.07, 6.45) is 0. The fourth-order valence-electron chi connectivity index (χ4n) is 7.97. The molecule has 2 atom stereocenters. The molecule has 2 amide bonds. The topological polar surface area (TPSA) is 207 Å². The number of fused-ring (bicyclic) bond motifs is 2. The van der Waals surface area contributed by atoms with Gasteiger partial charge in [-0.25, -0.2) is 0 Å². The molecule has 0 heterocycles. The van der Waals surface area contributed by atoms with Crippen molar-refractivity contribution in [3.8, 4) is 11.5 Å². The molecule has 0 aromatic heterocycles. The predicted octanol–water partition coefficient (Wildman–Crippen LogP) is 17.1. The van der Waals surface area contributed by atoms with Crippen molar-refractivity contribution in [2.75, 3.05) is 10.6 Å². The van der Waals surface area contributed by atoms with E-state index in [1.54, 1.807) is 158 Å². The Morgan fingerprint density at radius 3 is 1.46 bits per heavy atom. The van der Waals surface area contributed by atoms with Crippen LogP contribution in [0.5, 0.6) is 11.5 Å². The lowest BCUT2D eigenvalue weighted by atomic mass is 9.92. The lowest BCUT2D eigenvalue weighted by Gasteiger charge is -2.17. The van der Waals surface area contributed by atoms with Gasteiger partial charge in [0.15, 0.2) is 5.75 Å². The highest BCUT2D eigenvalue weighted by Crippen LogP contribution is 2.47. The number of carbonyl (C=O) groups is 2. The summed E-state index contributed by atoms with van der Waals surface area (Å²) in [4.78, 5) is 52.0. The van der Waals surface area contributed by atoms with Crippen LogP contribution in [0.3, 0.4) is 0 Å². The van der Waals surface area contributed by atoms with E-state index < -0.39 is 29.6 Å². The zero-order valence-corrected chi connectivity index (χ0v) is 40.1. The van der Waals surface area contributed by atoms with E-state index in [9.17, 15) is 29.6 Å². The number of aromatic hydroxyl groups is 2. The molecule has 4 N–H and O–H groups in total. The van der Waals surface area contributed by atoms with Crippen LogP contribution in [0.25, 0.3) is 21.5 Å². The quantitative estimate of drug-likeness (QED) is 0.0615. The number of nitroso groups, excluding NO2 is 2. The second-order valence-corrected chi connectivity index (χ2v) is 17.7. The van der Waals surface area contributed by atoms with E-state index in [0.717, 1.165) is 0 Å². The van der Waals surface area contributed by atoms with E-state index in [-0.39, 0.29) is 43.9 Å². The number of amides is 2. The zero-order chi connectivity index (χ0) is 50.5. The number of benzene rings is 9. The molecule has 9 aromatic carbocycles. The molecule has 0 aliphatic heterocycles. The number of para-hydroxylation sites is 2. The van der Waals surface area contributed by atoms with E-state index in [0.29, 0.717) is 71.0 Å². The van der Waals surface area contributed by atoms with E-state index in [2.05, 4.69) is 41.4 Å². The Morgan fingerprint density at radius 1 is 0.444 bits per heavy atom. The Balaban J connectivity index is 1.06. The third kappa shape index (κ3) is 10.1. The number of phenols is 2. The van der Waals surface area contributed by atoms with Crippen molar-refractivity contribution in [3.05, 3.63) is 233 Å². The SMILES string of the molecule is O=NC(c1ccc2c(N=Nc3ccc(N=Nc4c(O)c(C(=O)Nc5ccccc5Cl)cc5cc(C(=O)Nc6ccccc6Cl)ccc45)cc3)c(O)c(C(N=O)c3ccccc3Cl)cc2c1)c1ccccc1Cl. The molecule has 0 radical (unpaired) electrons. The molecule has 0 spiro atoms. The van der Waals surface area contributed by atoms with Crippen LogP contribution in [0.1, 0.15) is 55.1 Å². The summed E-state index contributed by atoms with van der Waals surface area (Å²) in [5.41, 5.74) is 2.71. The summed E-state index contributed by atoms with van der Waals surface area (Å²) in [6, 6.07) is 43.6. The lowest BCUT2D eigenvalue weighted by molar-refractivity contribution is 0.101. The van der Waals surface area contributed by atoms with Gasteiger partial charge < -0.3 is 20.8 Å². The highest BCUT2D eigenvalue weighted by Gasteiger charge is 2.27. The molecule has 0 saturated heterocycles. The number of anilines is 2. The van der Waals surface area contributed by atoms with Crippen molar-refractivity contribution in [1.29, 1.82) is 0 Å². The molecule has 9 aromatic rings. The van der Waals surface area contributed by atoms with Gasteiger partial charge in [0.1, 0.15) is 29.2 Å². The van der Waals surface area contributed by atoms with Gasteiger partial charge in [-0.1, -0.05) is 136 Å². The number of nitrogens with zero attached hydrogens (tertiary/aromatic N) is 6. The molecule has 0 bridgehead atoms. The number of rotatable bonds is 14.